The molecule has 11 heavy (non-hydrogen) atoms. The van der Waals surface area contributed by atoms with Gasteiger partial charge in [-0.25, -0.2) is 0 Å². The van der Waals surface area contributed by atoms with Gasteiger partial charge in [0, 0.05) is 6.61 Å². The summed E-state index contributed by atoms with van der Waals surface area (Å²) in [6, 6.07) is 0. The van der Waals surface area contributed by atoms with E-state index in [2.05, 4.69) is 4.31 Å². The molecule has 0 aliphatic rings. The third kappa shape index (κ3) is 34.1. The zero-order chi connectivity index (χ0) is 8.57. The average Bonchev–Trinajstić information content (AvgIpc) is 1.62. The molecular formula is C2H6BaO6P2+2. The van der Waals surface area contributed by atoms with Gasteiger partial charge in [0.2, 0.25) is 0 Å². The normalized spacial score (nSPS) is 10.2. The zero-order valence-electron chi connectivity index (χ0n) is 5.80. The van der Waals surface area contributed by atoms with E-state index < -0.39 is 16.5 Å². The van der Waals surface area contributed by atoms with E-state index >= 15 is 0 Å². The Hall–Kier alpha value is 1.61. The van der Waals surface area contributed by atoms with E-state index in [0.29, 0.717) is 0 Å². The minimum atomic E-state index is -3.24. The van der Waals surface area contributed by atoms with Gasteiger partial charge in [-0.15, -0.1) is 0 Å². The molecule has 0 aromatic carbocycles. The first-order chi connectivity index (χ1) is 4.54. The largest absolute Gasteiger partial charge is 2.00 e. The number of hydrogen-bond acceptors (Lipinski definition) is 6. The first-order valence-corrected chi connectivity index (χ1v) is 4.31. The van der Waals surface area contributed by atoms with Gasteiger partial charge in [0.1, 0.15) is 4.31 Å². The Balaban J connectivity index is -0.000000140. The summed E-state index contributed by atoms with van der Waals surface area (Å²) < 4.78 is 21.6. The molecule has 60 valence electrons. The van der Waals surface area contributed by atoms with Crippen molar-refractivity contribution in [3.05, 3.63) is 0 Å². The Bertz CT molecular complexity index is 105. The van der Waals surface area contributed by atoms with Gasteiger partial charge in [-0.2, -0.15) is 0 Å². The molecule has 0 bridgehead atoms. The van der Waals surface area contributed by atoms with E-state index in [0.717, 1.165) is 0 Å². The molecule has 0 saturated heterocycles. The molecule has 0 radical (unpaired) electrons. The standard InChI is InChI=1S/C2H6O.Ba.O5P2/c1-2-3;;1-6(2)5-7(3)4/h3H,2H2,1H3;;/q;+2;. The third-order valence-electron chi connectivity index (χ3n) is 0.133. The summed E-state index contributed by atoms with van der Waals surface area (Å²) in [5.41, 5.74) is 0. The Morgan fingerprint density at radius 2 is 1.55 bits per heavy atom. The zero-order valence-corrected chi connectivity index (χ0v) is 12.0. The van der Waals surface area contributed by atoms with Crippen LogP contribution in [0.15, 0.2) is 0 Å². The van der Waals surface area contributed by atoms with E-state index in [1.807, 2.05) is 0 Å². The minimum absolute atomic E-state index is 0. The molecule has 9 heteroatoms. The van der Waals surface area contributed by atoms with Gasteiger partial charge in [-0.05, 0) is 16.1 Å². The summed E-state index contributed by atoms with van der Waals surface area (Å²) in [5, 5.41) is 7.57. The first-order valence-electron chi connectivity index (χ1n) is 2.12. The van der Waals surface area contributed by atoms with Crippen molar-refractivity contribution >= 4 is 65.4 Å². The Kier molecular flexibility index (Phi) is 23.7. The maximum absolute atomic E-state index is 9.24. The van der Waals surface area contributed by atoms with Crippen molar-refractivity contribution in [2.45, 2.75) is 6.92 Å². The number of aliphatic hydroxyl groups excluding tert-OH is 1. The van der Waals surface area contributed by atoms with E-state index in [9.17, 15) is 18.9 Å². The molecule has 0 amide bonds. The van der Waals surface area contributed by atoms with Gasteiger partial charge >= 0.3 is 65.4 Å². The van der Waals surface area contributed by atoms with Crippen molar-refractivity contribution in [2.75, 3.05) is 6.61 Å². The van der Waals surface area contributed by atoms with Gasteiger partial charge in [0.05, 0.1) is 0 Å². The second-order valence-electron chi connectivity index (χ2n) is 0.845. The van der Waals surface area contributed by atoms with Crippen LogP contribution < -0.4 is 9.79 Å². The molecule has 0 saturated carbocycles. The molecule has 1 N–H and O–H groups in total. The minimum Gasteiger partial charge on any atom is -0.563 e. The molecule has 0 heterocycles. The average molecular weight is 325 g/mol. The molecule has 0 aromatic heterocycles. The third-order valence-corrected chi connectivity index (χ3v) is 1.20. The molecule has 0 rings (SSSR count). The van der Waals surface area contributed by atoms with Crippen molar-refractivity contribution in [1.29, 1.82) is 0 Å². The van der Waals surface area contributed by atoms with Crippen LogP contribution in [-0.2, 0) is 13.4 Å². The van der Waals surface area contributed by atoms with Crippen molar-refractivity contribution in [3.8, 4) is 0 Å². The fourth-order valence-corrected chi connectivity index (χ4v) is 0.490. The van der Waals surface area contributed by atoms with Crippen molar-refractivity contribution in [2.24, 2.45) is 0 Å². The molecule has 2 unspecified atom stereocenters. The topological polar surface area (TPSA) is 110 Å². The van der Waals surface area contributed by atoms with Crippen LogP contribution in [0, 0.1) is 0 Å². The molecule has 0 aliphatic heterocycles. The van der Waals surface area contributed by atoms with Crippen molar-refractivity contribution in [3.63, 3.8) is 0 Å². The molecular weight excluding hydrogens is 319 g/mol. The molecule has 0 aromatic rings. The monoisotopic (exact) mass is 326 g/mol. The fraction of sp³-hybridized carbons (Fsp3) is 1.00. The van der Waals surface area contributed by atoms with Crippen LogP contribution >= 0.6 is 16.5 Å². The molecule has 2 atom stereocenters. The van der Waals surface area contributed by atoms with E-state index in [4.69, 9.17) is 5.11 Å². The Morgan fingerprint density at radius 3 is 1.55 bits per heavy atom. The SMILES string of the molecule is CCO.O=[P+]([O-])O[P+](=O)[O-].[Ba+2]. The first kappa shape index (κ1) is 18.4. The smallest absolute Gasteiger partial charge is 0.563 e. The summed E-state index contributed by atoms with van der Waals surface area (Å²) >= 11 is 0. The molecule has 0 spiro atoms. The van der Waals surface area contributed by atoms with Gasteiger partial charge in [0.15, 0.2) is 0 Å². The van der Waals surface area contributed by atoms with Gasteiger partial charge < -0.3 is 14.9 Å². The van der Waals surface area contributed by atoms with Gasteiger partial charge in [0.25, 0.3) is 0 Å². The van der Waals surface area contributed by atoms with E-state index in [1.165, 1.54) is 0 Å². The number of rotatable bonds is 2. The predicted octanol–water partition coefficient (Wildman–Crippen LogP) is -1.34. The van der Waals surface area contributed by atoms with Crippen molar-refractivity contribution in [1.82, 2.24) is 0 Å². The maximum Gasteiger partial charge on any atom is 2.00 e. The molecule has 0 aliphatic carbocycles. The second-order valence-corrected chi connectivity index (χ2v) is 2.39. The second kappa shape index (κ2) is 14.2. The summed E-state index contributed by atoms with van der Waals surface area (Å²) in [7, 11) is -6.47. The summed E-state index contributed by atoms with van der Waals surface area (Å²) in [6.07, 6.45) is 0. The van der Waals surface area contributed by atoms with Crippen molar-refractivity contribution < 1.29 is 28.3 Å². The quantitative estimate of drug-likeness (QED) is 0.497. The van der Waals surface area contributed by atoms with Gasteiger partial charge in [-0.1, -0.05) is 0 Å². The van der Waals surface area contributed by atoms with Gasteiger partial charge in [-0.3, -0.25) is 0 Å². The summed E-state index contributed by atoms with van der Waals surface area (Å²) in [4.78, 5) is 18.5. The van der Waals surface area contributed by atoms with Crippen LogP contribution in [0.1, 0.15) is 6.92 Å². The van der Waals surface area contributed by atoms with Crippen LogP contribution in [0.5, 0.6) is 0 Å². The summed E-state index contributed by atoms with van der Waals surface area (Å²) in [6.45, 7) is 1.93. The number of aliphatic hydroxyl groups is 1. The van der Waals surface area contributed by atoms with Crippen LogP contribution in [-0.4, -0.2) is 60.6 Å². The Labute approximate surface area is 106 Å². The van der Waals surface area contributed by atoms with Crippen LogP contribution in [0.4, 0.5) is 0 Å². The van der Waals surface area contributed by atoms with E-state index in [1.54, 1.807) is 6.92 Å². The number of hydrogen-bond donors (Lipinski definition) is 1. The summed E-state index contributed by atoms with van der Waals surface area (Å²) in [5.74, 6) is 0. The van der Waals surface area contributed by atoms with Crippen LogP contribution in [0.25, 0.3) is 0 Å². The van der Waals surface area contributed by atoms with E-state index in [-0.39, 0.29) is 55.5 Å². The Morgan fingerprint density at radius 1 is 1.36 bits per heavy atom. The van der Waals surface area contributed by atoms with Crippen LogP contribution in [0.3, 0.4) is 0 Å². The molecule has 0 fully saturated rings. The van der Waals surface area contributed by atoms with Crippen LogP contribution in [0.2, 0.25) is 0 Å². The predicted molar refractivity (Wildman–Crippen MR) is 34.8 cm³/mol. The molecule has 6 nitrogen and oxygen atoms in total. The maximum atomic E-state index is 9.24. The fourth-order valence-electron chi connectivity index (χ4n) is 0.0544.